The molecule has 1 fully saturated rings. The van der Waals surface area contributed by atoms with Gasteiger partial charge in [-0.15, -0.1) is 6.58 Å². The van der Waals surface area contributed by atoms with E-state index in [1.165, 1.54) is 30.3 Å². The van der Waals surface area contributed by atoms with Crippen LogP contribution < -0.4 is 4.90 Å². The molecule has 1 heterocycles. The number of hydrogen-bond acceptors (Lipinski definition) is 2. The van der Waals surface area contributed by atoms with Gasteiger partial charge in [-0.2, -0.15) is 0 Å². The standard InChI is InChI=1S/C26H25F3N2/c1-2-3-21-18-24(29)12-13-25(21)30-14-16-31(17-15-30)26(19-4-8-22(27)9-5-19)20-6-10-23(28)11-7-20/h2,4-13,18,26H,1,3,14-17H2. The molecular weight excluding hydrogens is 397 g/mol. The summed E-state index contributed by atoms with van der Waals surface area (Å²) in [6.07, 6.45) is 2.40. The van der Waals surface area contributed by atoms with Crippen molar-refractivity contribution in [2.24, 2.45) is 0 Å². The Morgan fingerprint density at radius 2 is 1.26 bits per heavy atom. The molecule has 0 atom stereocenters. The predicted molar refractivity (Wildman–Crippen MR) is 119 cm³/mol. The molecule has 0 unspecified atom stereocenters. The topological polar surface area (TPSA) is 6.48 Å². The minimum absolute atomic E-state index is 0.0933. The summed E-state index contributed by atoms with van der Waals surface area (Å²) in [5.74, 6) is -0.804. The predicted octanol–water partition coefficient (Wildman–Crippen LogP) is 5.74. The van der Waals surface area contributed by atoms with Crippen molar-refractivity contribution >= 4 is 5.69 Å². The second-order valence-electron chi connectivity index (χ2n) is 7.79. The van der Waals surface area contributed by atoms with Crippen LogP contribution in [0, 0.1) is 17.5 Å². The van der Waals surface area contributed by atoms with Gasteiger partial charge in [0, 0.05) is 31.9 Å². The lowest BCUT2D eigenvalue weighted by Gasteiger charge is -2.41. The Morgan fingerprint density at radius 1 is 0.742 bits per heavy atom. The van der Waals surface area contributed by atoms with Gasteiger partial charge in [0.15, 0.2) is 0 Å². The summed E-state index contributed by atoms with van der Waals surface area (Å²) >= 11 is 0. The van der Waals surface area contributed by atoms with Crippen molar-refractivity contribution in [3.8, 4) is 0 Å². The van der Waals surface area contributed by atoms with Crippen LogP contribution in [0.3, 0.4) is 0 Å². The maximum Gasteiger partial charge on any atom is 0.123 e. The lowest BCUT2D eigenvalue weighted by Crippen LogP contribution is -2.48. The summed E-state index contributed by atoms with van der Waals surface area (Å²) < 4.78 is 40.7. The number of anilines is 1. The van der Waals surface area contributed by atoms with Gasteiger partial charge in [-0.1, -0.05) is 30.3 Å². The summed E-state index contributed by atoms with van der Waals surface area (Å²) in [6.45, 7) is 6.87. The molecule has 0 amide bonds. The van der Waals surface area contributed by atoms with E-state index >= 15 is 0 Å². The van der Waals surface area contributed by atoms with Gasteiger partial charge in [0.1, 0.15) is 17.5 Å². The Balaban J connectivity index is 1.57. The van der Waals surface area contributed by atoms with Gasteiger partial charge >= 0.3 is 0 Å². The van der Waals surface area contributed by atoms with Crippen LogP contribution in [0.5, 0.6) is 0 Å². The van der Waals surface area contributed by atoms with Crippen LogP contribution in [-0.2, 0) is 6.42 Å². The summed E-state index contributed by atoms with van der Waals surface area (Å²) in [5.41, 5.74) is 3.89. The molecule has 3 aromatic rings. The van der Waals surface area contributed by atoms with Gasteiger partial charge in [0.2, 0.25) is 0 Å². The van der Waals surface area contributed by atoms with E-state index in [9.17, 15) is 13.2 Å². The number of halogens is 3. The van der Waals surface area contributed by atoms with Gasteiger partial charge in [0.05, 0.1) is 6.04 Å². The molecule has 0 spiro atoms. The van der Waals surface area contributed by atoms with Crippen LogP contribution in [0.2, 0.25) is 0 Å². The van der Waals surface area contributed by atoms with Crippen LogP contribution in [0.25, 0.3) is 0 Å². The molecule has 0 aliphatic carbocycles. The molecule has 0 N–H and O–H groups in total. The van der Waals surface area contributed by atoms with Crippen molar-refractivity contribution in [3.63, 3.8) is 0 Å². The fraction of sp³-hybridized carbons (Fsp3) is 0.231. The maximum atomic E-state index is 13.7. The second kappa shape index (κ2) is 9.40. The molecule has 1 aliphatic rings. The lowest BCUT2D eigenvalue weighted by atomic mass is 9.96. The van der Waals surface area contributed by atoms with Crippen molar-refractivity contribution in [2.75, 3.05) is 31.1 Å². The first-order chi connectivity index (χ1) is 15.0. The highest BCUT2D eigenvalue weighted by atomic mass is 19.1. The molecule has 160 valence electrons. The number of hydrogen-bond donors (Lipinski definition) is 0. The van der Waals surface area contributed by atoms with Crippen molar-refractivity contribution < 1.29 is 13.2 Å². The molecule has 31 heavy (non-hydrogen) atoms. The average molecular weight is 422 g/mol. The largest absolute Gasteiger partial charge is 0.369 e. The molecule has 1 saturated heterocycles. The summed E-state index contributed by atoms with van der Waals surface area (Å²) in [4.78, 5) is 4.59. The van der Waals surface area contributed by atoms with E-state index in [1.54, 1.807) is 36.4 Å². The molecule has 2 nitrogen and oxygen atoms in total. The number of nitrogens with zero attached hydrogens (tertiary/aromatic N) is 2. The smallest absolute Gasteiger partial charge is 0.123 e. The first kappa shape index (κ1) is 21.2. The monoisotopic (exact) mass is 422 g/mol. The fourth-order valence-electron chi connectivity index (χ4n) is 4.31. The van der Waals surface area contributed by atoms with E-state index in [0.29, 0.717) is 6.42 Å². The quantitative estimate of drug-likeness (QED) is 0.467. The molecule has 0 bridgehead atoms. The Hall–Kier alpha value is -3.05. The van der Waals surface area contributed by atoms with E-state index < -0.39 is 0 Å². The van der Waals surface area contributed by atoms with E-state index in [4.69, 9.17) is 0 Å². The number of piperazine rings is 1. The Kier molecular flexibility index (Phi) is 6.42. The van der Waals surface area contributed by atoms with Crippen LogP contribution in [0.4, 0.5) is 18.9 Å². The molecule has 1 aliphatic heterocycles. The summed E-state index contributed by atoms with van der Waals surface area (Å²) in [5, 5.41) is 0. The van der Waals surface area contributed by atoms with Crippen molar-refractivity contribution in [1.29, 1.82) is 0 Å². The lowest BCUT2D eigenvalue weighted by molar-refractivity contribution is 0.212. The number of rotatable bonds is 6. The minimum atomic E-state index is -0.280. The molecule has 0 saturated carbocycles. The number of benzene rings is 3. The van der Waals surface area contributed by atoms with Gasteiger partial charge in [0.25, 0.3) is 0 Å². The summed E-state index contributed by atoms with van der Waals surface area (Å²) in [6, 6.07) is 17.8. The van der Waals surface area contributed by atoms with E-state index in [1.807, 2.05) is 6.07 Å². The SMILES string of the molecule is C=CCc1cc(F)ccc1N1CCN(C(c2ccc(F)cc2)c2ccc(F)cc2)CC1. The minimum Gasteiger partial charge on any atom is -0.369 e. The van der Waals surface area contributed by atoms with Gasteiger partial charge in [-0.3, -0.25) is 4.90 Å². The van der Waals surface area contributed by atoms with Crippen LogP contribution in [0.1, 0.15) is 22.7 Å². The van der Waals surface area contributed by atoms with E-state index in [2.05, 4.69) is 16.4 Å². The van der Waals surface area contributed by atoms with Crippen LogP contribution >= 0.6 is 0 Å². The Bertz CT molecular complexity index is 978. The zero-order valence-electron chi connectivity index (χ0n) is 17.3. The zero-order valence-corrected chi connectivity index (χ0v) is 17.3. The fourth-order valence-corrected chi connectivity index (χ4v) is 4.31. The highest BCUT2D eigenvalue weighted by Crippen LogP contribution is 2.32. The third-order valence-electron chi connectivity index (χ3n) is 5.80. The molecule has 5 heteroatoms. The molecular formula is C26H25F3N2. The normalized spacial score (nSPS) is 14.8. The average Bonchev–Trinajstić information content (AvgIpc) is 2.78. The first-order valence-electron chi connectivity index (χ1n) is 10.4. The highest BCUT2D eigenvalue weighted by molar-refractivity contribution is 5.55. The summed E-state index contributed by atoms with van der Waals surface area (Å²) in [7, 11) is 0. The van der Waals surface area contributed by atoms with Crippen molar-refractivity contribution in [2.45, 2.75) is 12.5 Å². The molecule has 3 aromatic carbocycles. The maximum absolute atomic E-state index is 13.7. The van der Waals surface area contributed by atoms with Crippen LogP contribution in [-0.4, -0.2) is 31.1 Å². The third kappa shape index (κ3) is 4.83. The van der Waals surface area contributed by atoms with E-state index in [-0.39, 0.29) is 23.5 Å². The highest BCUT2D eigenvalue weighted by Gasteiger charge is 2.27. The first-order valence-corrected chi connectivity index (χ1v) is 10.4. The Labute approximate surface area is 181 Å². The van der Waals surface area contributed by atoms with Gasteiger partial charge in [-0.25, -0.2) is 13.2 Å². The molecule has 0 radical (unpaired) electrons. The third-order valence-corrected chi connectivity index (χ3v) is 5.80. The van der Waals surface area contributed by atoms with Crippen molar-refractivity contribution in [3.05, 3.63) is 114 Å². The molecule has 4 rings (SSSR count). The Morgan fingerprint density at radius 3 is 1.77 bits per heavy atom. The van der Waals surface area contributed by atoms with Gasteiger partial charge < -0.3 is 4.90 Å². The van der Waals surface area contributed by atoms with Crippen LogP contribution in [0.15, 0.2) is 79.4 Å². The molecule has 0 aromatic heterocycles. The van der Waals surface area contributed by atoms with E-state index in [0.717, 1.165) is 48.6 Å². The van der Waals surface area contributed by atoms with Crippen molar-refractivity contribution in [1.82, 2.24) is 4.90 Å². The zero-order chi connectivity index (χ0) is 21.8. The second-order valence-corrected chi connectivity index (χ2v) is 7.79. The number of allylic oxidation sites excluding steroid dienone is 1. The van der Waals surface area contributed by atoms with Gasteiger partial charge in [-0.05, 0) is 65.6 Å².